The predicted octanol–water partition coefficient (Wildman–Crippen LogP) is -0.0662. The summed E-state index contributed by atoms with van der Waals surface area (Å²) in [6.07, 6.45) is -1.29. The number of benzene rings is 1. The molecule has 2 aliphatic rings. The number of hydrogen-bond acceptors (Lipinski definition) is 8. The molecule has 2 aliphatic heterocycles. The number of rotatable bonds is 2. The molecular weight excluding hydrogens is 526 g/mol. The molecule has 1 aromatic rings. The lowest BCUT2D eigenvalue weighted by Crippen LogP contribution is -2.30. The highest BCUT2D eigenvalue weighted by molar-refractivity contribution is 7.85. The van der Waals surface area contributed by atoms with Gasteiger partial charge in [-0.05, 0) is 10.6 Å². The minimum atomic E-state index is -3.67. The van der Waals surface area contributed by atoms with Crippen LogP contribution in [0.2, 0.25) is 0 Å². The van der Waals surface area contributed by atoms with Gasteiger partial charge in [-0.2, -0.15) is 16.8 Å². The van der Waals surface area contributed by atoms with Crippen molar-refractivity contribution in [2.75, 3.05) is 12.5 Å². The fourth-order valence-electron chi connectivity index (χ4n) is 4.32. The summed E-state index contributed by atoms with van der Waals surface area (Å²) in [5.74, 6) is 0. The average Bonchev–Trinajstić information content (AvgIpc) is 2.99. The molecule has 198 valence electrons. The van der Waals surface area contributed by atoms with Crippen LogP contribution in [0.4, 0.5) is 0 Å². The Balaban J connectivity index is 0.000000489. The zero-order chi connectivity index (χ0) is 26.8. The SMILES string of the molecule is CS(=O)(=O)O.CS(=O)(=O)O.C[C@H]1[C@@H](O)[C@H](O)[C@H](C)P1c1ccccc1P1[C@@H](C)[C@@H](O)[C@H](O)[C@@H]1C. The summed E-state index contributed by atoms with van der Waals surface area (Å²) in [6, 6.07) is 8.28. The molecule has 14 heteroatoms. The highest BCUT2D eigenvalue weighted by Crippen LogP contribution is 2.59. The van der Waals surface area contributed by atoms with Gasteiger partial charge in [-0.1, -0.05) is 67.8 Å². The van der Waals surface area contributed by atoms with Gasteiger partial charge in [0.1, 0.15) is 0 Å². The molecule has 0 amide bonds. The second-order valence-electron chi connectivity index (χ2n) is 8.69. The maximum absolute atomic E-state index is 10.3. The lowest BCUT2D eigenvalue weighted by atomic mass is 10.1. The van der Waals surface area contributed by atoms with Crippen molar-refractivity contribution < 1.29 is 46.4 Å². The highest BCUT2D eigenvalue weighted by Gasteiger charge is 2.49. The Morgan fingerprint density at radius 1 is 0.588 bits per heavy atom. The van der Waals surface area contributed by atoms with Crippen LogP contribution in [0.25, 0.3) is 0 Å². The molecule has 34 heavy (non-hydrogen) atoms. The third-order valence-corrected chi connectivity index (χ3v) is 12.7. The predicted molar refractivity (Wildman–Crippen MR) is 136 cm³/mol. The van der Waals surface area contributed by atoms with Crippen LogP contribution in [0, 0.1) is 0 Å². The first-order valence-corrected chi connectivity index (χ1v) is 17.2. The summed E-state index contributed by atoms with van der Waals surface area (Å²) in [6.45, 7) is 8.10. The van der Waals surface area contributed by atoms with E-state index in [2.05, 4.69) is 12.1 Å². The van der Waals surface area contributed by atoms with Gasteiger partial charge in [-0.25, -0.2) is 0 Å². The maximum atomic E-state index is 10.3. The minimum absolute atomic E-state index is 0.0456. The summed E-state index contributed by atoms with van der Waals surface area (Å²) in [5.41, 5.74) is 0.182. The molecule has 3 rings (SSSR count). The maximum Gasteiger partial charge on any atom is 0.261 e. The molecule has 2 fully saturated rings. The van der Waals surface area contributed by atoms with E-state index in [1.165, 1.54) is 10.6 Å². The molecule has 0 aliphatic carbocycles. The molecule has 0 unspecified atom stereocenters. The summed E-state index contributed by atoms with van der Waals surface area (Å²) in [4.78, 5) is 0. The van der Waals surface area contributed by atoms with Crippen molar-refractivity contribution in [2.24, 2.45) is 0 Å². The van der Waals surface area contributed by atoms with E-state index in [9.17, 15) is 37.3 Å². The monoisotopic (exact) mass is 562 g/mol. The molecule has 0 spiro atoms. The van der Waals surface area contributed by atoms with Crippen molar-refractivity contribution >= 4 is 46.7 Å². The fourth-order valence-corrected chi connectivity index (χ4v) is 11.5. The second-order valence-corrected chi connectivity index (χ2v) is 17.5. The van der Waals surface area contributed by atoms with Crippen LogP contribution in [-0.4, -0.2) is 106 Å². The standard InChI is InChI=1S/C18H28O4P2.2CH4O3S/c1-9-15(19)16(20)10(2)23(9)13-7-5-6-8-14(13)24-11(3)17(21)18(22)12(24)4;2*1-5(2,3)4/h5-12,15-22H,1-4H3;2*1H3,(H,2,3,4)/t9-,10-,11-,12-,15+,16+,17+,18+;;/m0../s1. The molecular formula is C20H36O10P2S2. The number of aliphatic hydroxyl groups excluding tert-OH is 4. The van der Waals surface area contributed by atoms with E-state index in [0.29, 0.717) is 12.5 Å². The van der Waals surface area contributed by atoms with Gasteiger partial charge in [0.05, 0.1) is 36.9 Å². The Morgan fingerprint density at radius 3 is 0.941 bits per heavy atom. The molecule has 0 radical (unpaired) electrons. The van der Waals surface area contributed by atoms with Crippen LogP contribution in [0.5, 0.6) is 0 Å². The Kier molecular flexibility index (Phi) is 11.5. The van der Waals surface area contributed by atoms with Crippen molar-refractivity contribution in [2.45, 2.75) is 74.7 Å². The molecule has 1 aromatic carbocycles. The third-order valence-electron chi connectivity index (χ3n) is 5.87. The Labute approximate surface area is 204 Å². The smallest absolute Gasteiger partial charge is 0.261 e. The van der Waals surface area contributed by atoms with Gasteiger partial charge < -0.3 is 20.4 Å². The molecule has 10 nitrogen and oxygen atoms in total. The van der Waals surface area contributed by atoms with Gasteiger partial charge in [0, 0.05) is 22.6 Å². The first-order chi connectivity index (χ1) is 15.3. The van der Waals surface area contributed by atoms with Crippen LogP contribution in [0.3, 0.4) is 0 Å². The van der Waals surface area contributed by atoms with Gasteiger partial charge in [0.2, 0.25) is 0 Å². The van der Waals surface area contributed by atoms with Crippen molar-refractivity contribution in [1.82, 2.24) is 0 Å². The molecule has 0 saturated carbocycles. The Morgan fingerprint density at radius 2 is 0.765 bits per heavy atom. The van der Waals surface area contributed by atoms with E-state index in [0.717, 1.165) is 0 Å². The van der Waals surface area contributed by atoms with Crippen molar-refractivity contribution in [3.63, 3.8) is 0 Å². The summed E-state index contributed by atoms with van der Waals surface area (Å²) in [5, 5.41) is 43.7. The lowest BCUT2D eigenvalue weighted by molar-refractivity contribution is 0.0327. The fraction of sp³-hybridized carbons (Fsp3) is 0.700. The summed E-state index contributed by atoms with van der Waals surface area (Å²) < 4.78 is 51.7. The third kappa shape index (κ3) is 8.69. The van der Waals surface area contributed by atoms with Gasteiger partial charge in [-0.3, -0.25) is 9.11 Å². The first kappa shape index (κ1) is 31.8. The first-order valence-electron chi connectivity index (χ1n) is 10.5. The average molecular weight is 563 g/mol. The van der Waals surface area contributed by atoms with E-state index in [-0.39, 0.29) is 22.6 Å². The normalized spacial score (nSPS) is 37.9. The van der Waals surface area contributed by atoms with E-state index >= 15 is 0 Å². The zero-order valence-electron chi connectivity index (χ0n) is 20.0. The molecule has 2 saturated heterocycles. The second kappa shape index (κ2) is 12.3. The zero-order valence-corrected chi connectivity index (χ0v) is 23.4. The van der Waals surface area contributed by atoms with Crippen molar-refractivity contribution in [1.29, 1.82) is 0 Å². The lowest BCUT2D eigenvalue weighted by Gasteiger charge is -2.30. The number of aliphatic hydroxyl groups is 4. The van der Waals surface area contributed by atoms with Crippen molar-refractivity contribution in [3.8, 4) is 0 Å². The minimum Gasteiger partial charge on any atom is -0.390 e. The van der Waals surface area contributed by atoms with Crippen LogP contribution in [0.1, 0.15) is 27.7 Å². The van der Waals surface area contributed by atoms with E-state index in [1.54, 1.807) is 0 Å². The van der Waals surface area contributed by atoms with Crippen LogP contribution in [0.15, 0.2) is 24.3 Å². The quantitative estimate of drug-likeness (QED) is 0.210. The number of hydrogen-bond donors (Lipinski definition) is 6. The molecule has 0 bridgehead atoms. The van der Waals surface area contributed by atoms with Gasteiger partial charge in [0.15, 0.2) is 0 Å². The summed E-state index contributed by atoms with van der Waals surface area (Å²) >= 11 is 0. The topological polar surface area (TPSA) is 190 Å². The largest absolute Gasteiger partial charge is 0.390 e. The highest BCUT2D eigenvalue weighted by atomic mass is 32.2. The van der Waals surface area contributed by atoms with Crippen LogP contribution < -0.4 is 10.6 Å². The van der Waals surface area contributed by atoms with Gasteiger partial charge in [0.25, 0.3) is 20.2 Å². The molecule has 6 N–H and O–H groups in total. The Hall–Kier alpha value is -0.260. The van der Waals surface area contributed by atoms with Crippen molar-refractivity contribution in [3.05, 3.63) is 24.3 Å². The molecule has 0 aromatic heterocycles. The van der Waals surface area contributed by atoms with E-state index in [1.807, 2.05) is 39.8 Å². The van der Waals surface area contributed by atoms with Gasteiger partial charge in [-0.15, -0.1) is 0 Å². The van der Waals surface area contributed by atoms with Gasteiger partial charge >= 0.3 is 0 Å². The van der Waals surface area contributed by atoms with Crippen LogP contribution >= 0.6 is 15.8 Å². The van der Waals surface area contributed by atoms with Crippen LogP contribution in [-0.2, 0) is 20.2 Å². The Bertz CT molecular complexity index is 895. The summed E-state index contributed by atoms with van der Waals surface area (Å²) in [7, 11) is -8.72. The van der Waals surface area contributed by atoms with E-state index < -0.39 is 60.5 Å². The molecule has 2 heterocycles. The molecule has 8 atom stereocenters. The van der Waals surface area contributed by atoms with E-state index in [4.69, 9.17) is 9.11 Å².